The van der Waals surface area contributed by atoms with Gasteiger partial charge in [-0.05, 0) is 49.2 Å². The number of carbonyl (C=O) groups is 1. The van der Waals surface area contributed by atoms with Gasteiger partial charge in [0.1, 0.15) is 11.2 Å². The van der Waals surface area contributed by atoms with E-state index in [4.69, 9.17) is 0 Å². The number of nitrogens with zero attached hydrogens (tertiary/aromatic N) is 2. The van der Waals surface area contributed by atoms with Crippen LogP contribution in [0.25, 0.3) is 5.65 Å². The molecule has 1 amide bonds. The molecular formula is C18H14F3N3O2. The molecule has 3 aromatic rings. The first-order valence-corrected chi connectivity index (χ1v) is 7.64. The van der Waals surface area contributed by atoms with Crippen LogP contribution in [0, 0.1) is 13.8 Å². The topological polar surface area (TPSA) is 63.5 Å². The average Bonchev–Trinajstić information content (AvgIpc) is 2.55. The molecule has 134 valence electrons. The fraction of sp³-hybridized carbons (Fsp3) is 0.167. The second-order valence-electron chi connectivity index (χ2n) is 5.89. The van der Waals surface area contributed by atoms with Crippen molar-refractivity contribution < 1.29 is 18.0 Å². The van der Waals surface area contributed by atoms with Crippen LogP contribution < -0.4 is 10.9 Å². The average molecular weight is 361 g/mol. The number of fused-ring (bicyclic) bond motifs is 1. The van der Waals surface area contributed by atoms with Crippen LogP contribution in [0.3, 0.4) is 0 Å². The van der Waals surface area contributed by atoms with E-state index in [2.05, 4.69) is 10.3 Å². The fourth-order valence-corrected chi connectivity index (χ4v) is 2.54. The van der Waals surface area contributed by atoms with Crippen LogP contribution >= 0.6 is 0 Å². The Morgan fingerprint density at radius 2 is 1.88 bits per heavy atom. The summed E-state index contributed by atoms with van der Waals surface area (Å²) in [5, 5.41) is 2.32. The smallest absolute Gasteiger partial charge is 0.322 e. The van der Waals surface area contributed by atoms with Crippen molar-refractivity contribution in [3.63, 3.8) is 0 Å². The molecule has 5 nitrogen and oxygen atoms in total. The first-order chi connectivity index (χ1) is 12.2. The molecule has 8 heteroatoms. The van der Waals surface area contributed by atoms with E-state index in [1.807, 2.05) is 6.92 Å². The van der Waals surface area contributed by atoms with E-state index < -0.39 is 23.2 Å². The first-order valence-electron chi connectivity index (χ1n) is 7.64. The third-order valence-electron chi connectivity index (χ3n) is 3.91. The van der Waals surface area contributed by atoms with Crippen molar-refractivity contribution in [2.24, 2.45) is 0 Å². The standard InChI is InChI=1S/C18H14F3N3O2/c1-10-5-6-24-15(7-10)22-9-13(17(24)26)16(25)23-12-4-3-11(2)14(8-12)18(19,20)21/h3-9H,1-2H3,(H,23,25). The zero-order chi connectivity index (χ0) is 19.1. The Morgan fingerprint density at radius 1 is 1.15 bits per heavy atom. The molecule has 0 fully saturated rings. The number of halogens is 3. The summed E-state index contributed by atoms with van der Waals surface area (Å²) >= 11 is 0. The van der Waals surface area contributed by atoms with Crippen LogP contribution in [-0.2, 0) is 6.18 Å². The monoisotopic (exact) mass is 361 g/mol. The second-order valence-corrected chi connectivity index (χ2v) is 5.89. The number of pyridine rings is 1. The van der Waals surface area contributed by atoms with Crippen molar-refractivity contribution in [2.45, 2.75) is 20.0 Å². The molecule has 0 aliphatic carbocycles. The van der Waals surface area contributed by atoms with Gasteiger partial charge in [-0.1, -0.05) is 6.07 Å². The molecule has 0 unspecified atom stereocenters. The molecule has 0 aliphatic heterocycles. The van der Waals surface area contributed by atoms with Gasteiger partial charge in [0.05, 0.1) is 5.56 Å². The number of aromatic nitrogens is 2. The number of amides is 1. The van der Waals surface area contributed by atoms with Gasteiger partial charge in [0, 0.05) is 18.1 Å². The van der Waals surface area contributed by atoms with Gasteiger partial charge in [-0.15, -0.1) is 0 Å². The van der Waals surface area contributed by atoms with Crippen molar-refractivity contribution in [2.75, 3.05) is 5.32 Å². The molecule has 1 N–H and O–H groups in total. The second kappa shape index (κ2) is 6.29. The predicted molar refractivity (Wildman–Crippen MR) is 90.3 cm³/mol. The molecule has 0 saturated carbocycles. The van der Waals surface area contributed by atoms with E-state index in [1.165, 1.54) is 29.7 Å². The molecule has 0 bridgehead atoms. The number of hydrogen-bond donors (Lipinski definition) is 1. The molecule has 0 radical (unpaired) electrons. The van der Waals surface area contributed by atoms with Gasteiger partial charge in [0.25, 0.3) is 11.5 Å². The largest absolute Gasteiger partial charge is 0.416 e. The SMILES string of the molecule is Cc1ccn2c(=O)c(C(=O)Nc3ccc(C)c(C(F)(F)F)c3)cnc2c1. The number of alkyl halides is 3. The summed E-state index contributed by atoms with van der Waals surface area (Å²) < 4.78 is 40.2. The summed E-state index contributed by atoms with van der Waals surface area (Å²) in [4.78, 5) is 28.8. The Morgan fingerprint density at radius 3 is 2.58 bits per heavy atom. The maximum atomic E-state index is 13.0. The molecule has 2 heterocycles. The van der Waals surface area contributed by atoms with Crippen molar-refractivity contribution in [1.29, 1.82) is 0 Å². The van der Waals surface area contributed by atoms with E-state index in [0.29, 0.717) is 5.65 Å². The summed E-state index contributed by atoms with van der Waals surface area (Å²) in [6.45, 7) is 3.17. The van der Waals surface area contributed by atoms with E-state index in [-0.39, 0.29) is 16.8 Å². The Bertz CT molecular complexity index is 1070. The number of hydrogen-bond acceptors (Lipinski definition) is 3. The Kier molecular flexibility index (Phi) is 4.27. The van der Waals surface area contributed by atoms with E-state index in [0.717, 1.165) is 17.8 Å². The van der Waals surface area contributed by atoms with Crippen molar-refractivity contribution in [1.82, 2.24) is 9.38 Å². The van der Waals surface area contributed by atoms with Gasteiger partial charge in [0.15, 0.2) is 0 Å². The molecule has 0 saturated heterocycles. The lowest BCUT2D eigenvalue weighted by molar-refractivity contribution is -0.138. The third-order valence-corrected chi connectivity index (χ3v) is 3.91. The minimum atomic E-state index is -4.53. The van der Waals surface area contributed by atoms with Crippen molar-refractivity contribution in [3.05, 3.63) is 75.3 Å². The summed E-state index contributed by atoms with van der Waals surface area (Å²) in [5.74, 6) is -0.825. The van der Waals surface area contributed by atoms with Crippen LogP contribution in [0.5, 0.6) is 0 Å². The summed E-state index contributed by atoms with van der Waals surface area (Å²) in [6, 6.07) is 6.80. The molecule has 0 spiro atoms. The highest BCUT2D eigenvalue weighted by Gasteiger charge is 2.32. The molecule has 1 aromatic carbocycles. The van der Waals surface area contributed by atoms with Gasteiger partial charge in [-0.25, -0.2) is 4.98 Å². The number of benzene rings is 1. The summed E-state index contributed by atoms with van der Waals surface area (Å²) in [6.07, 6.45) is -1.93. The predicted octanol–water partition coefficient (Wildman–Crippen LogP) is 3.58. The van der Waals surface area contributed by atoms with Gasteiger partial charge in [0.2, 0.25) is 0 Å². The molecule has 0 atom stereocenters. The highest BCUT2D eigenvalue weighted by Crippen LogP contribution is 2.33. The van der Waals surface area contributed by atoms with Crippen LogP contribution in [0.4, 0.5) is 18.9 Å². The lowest BCUT2D eigenvalue weighted by Gasteiger charge is -2.13. The molecule has 2 aromatic heterocycles. The first kappa shape index (κ1) is 17.7. The quantitative estimate of drug-likeness (QED) is 0.759. The lowest BCUT2D eigenvalue weighted by Crippen LogP contribution is -2.26. The van der Waals surface area contributed by atoms with E-state index in [9.17, 15) is 22.8 Å². The molecular weight excluding hydrogens is 347 g/mol. The van der Waals surface area contributed by atoms with Gasteiger partial charge in [-0.2, -0.15) is 13.2 Å². The maximum Gasteiger partial charge on any atom is 0.416 e. The van der Waals surface area contributed by atoms with Gasteiger partial charge in [-0.3, -0.25) is 14.0 Å². The highest BCUT2D eigenvalue weighted by atomic mass is 19.4. The van der Waals surface area contributed by atoms with E-state index >= 15 is 0 Å². The van der Waals surface area contributed by atoms with Crippen LogP contribution in [0.1, 0.15) is 27.0 Å². The van der Waals surface area contributed by atoms with Crippen LogP contribution in [0.15, 0.2) is 47.5 Å². The zero-order valence-electron chi connectivity index (χ0n) is 13.9. The Labute approximate surface area is 146 Å². The zero-order valence-corrected chi connectivity index (χ0v) is 13.9. The number of aryl methyl sites for hydroxylation is 2. The van der Waals surface area contributed by atoms with Crippen LogP contribution in [0.2, 0.25) is 0 Å². The summed E-state index contributed by atoms with van der Waals surface area (Å²) in [5.41, 5.74) is -0.454. The minimum Gasteiger partial charge on any atom is -0.322 e. The van der Waals surface area contributed by atoms with Crippen molar-refractivity contribution >= 4 is 17.2 Å². The number of nitrogens with one attached hydrogen (secondary N) is 1. The maximum absolute atomic E-state index is 13.0. The van der Waals surface area contributed by atoms with E-state index in [1.54, 1.807) is 12.1 Å². The number of anilines is 1. The number of rotatable bonds is 2. The van der Waals surface area contributed by atoms with Gasteiger partial charge < -0.3 is 5.32 Å². The van der Waals surface area contributed by atoms with Crippen molar-refractivity contribution in [3.8, 4) is 0 Å². The molecule has 0 aliphatic rings. The molecule has 26 heavy (non-hydrogen) atoms. The fourth-order valence-electron chi connectivity index (χ4n) is 2.54. The lowest BCUT2D eigenvalue weighted by atomic mass is 10.1. The Balaban J connectivity index is 1.96. The highest BCUT2D eigenvalue weighted by molar-refractivity contribution is 6.04. The van der Waals surface area contributed by atoms with Crippen LogP contribution in [-0.4, -0.2) is 15.3 Å². The third kappa shape index (κ3) is 3.30. The van der Waals surface area contributed by atoms with Gasteiger partial charge >= 0.3 is 6.18 Å². The Hall–Kier alpha value is -3.16. The molecule has 3 rings (SSSR count). The number of carbonyl (C=O) groups excluding carboxylic acids is 1. The normalized spacial score (nSPS) is 11.6. The summed E-state index contributed by atoms with van der Waals surface area (Å²) in [7, 11) is 0. The minimum absolute atomic E-state index is 0.0401.